The average Bonchev–Trinajstić information content (AvgIpc) is 1.97. The summed E-state index contributed by atoms with van der Waals surface area (Å²) in [7, 11) is 0. The highest BCUT2D eigenvalue weighted by atomic mass is 16.5. The van der Waals surface area contributed by atoms with Gasteiger partial charge in [-0.25, -0.2) is 4.99 Å². The summed E-state index contributed by atoms with van der Waals surface area (Å²) in [5.74, 6) is 0.493. The Morgan fingerprint density at radius 2 is 2.00 bits per heavy atom. The van der Waals surface area contributed by atoms with Crippen molar-refractivity contribution >= 4 is 12.2 Å². The predicted octanol–water partition coefficient (Wildman–Crippen LogP) is 1.84. The van der Waals surface area contributed by atoms with Crippen LogP contribution >= 0.6 is 0 Å². The summed E-state index contributed by atoms with van der Waals surface area (Å²) in [6, 6.07) is 0. The molecular weight excluding hydrogens is 168 g/mol. The smallest absolute Gasteiger partial charge is 0.186 e. The van der Waals surface area contributed by atoms with Gasteiger partial charge in [0, 0.05) is 6.92 Å². The fourth-order valence-electron chi connectivity index (χ4n) is 0.665. The Labute approximate surface area is 79.5 Å². The van der Waals surface area contributed by atoms with Crippen molar-refractivity contribution in [1.82, 2.24) is 0 Å². The lowest BCUT2D eigenvalue weighted by Crippen LogP contribution is -2.22. The maximum absolute atomic E-state index is 6.69. The summed E-state index contributed by atoms with van der Waals surface area (Å²) in [4.78, 5) is 3.64. The molecule has 0 saturated heterocycles. The van der Waals surface area contributed by atoms with Gasteiger partial charge in [0.15, 0.2) is 5.90 Å². The number of ether oxygens (including phenoxy) is 2. The van der Waals surface area contributed by atoms with Gasteiger partial charge in [-0.05, 0) is 20.8 Å². The first-order valence-electron chi connectivity index (χ1n) is 4.26. The fraction of sp³-hybridized carbons (Fsp3) is 0.778. The monoisotopic (exact) mass is 186 g/mol. The summed E-state index contributed by atoms with van der Waals surface area (Å²) < 4.78 is 10.6. The summed E-state index contributed by atoms with van der Waals surface area (Å²) in [6.07, 6.45) is 0.958. The zero-order chi connectivity index (χ0) is 10.3. The molecule has 1 N–H and O–H groups in total. The average molecular weight is 186 g/mol. The van der Waals surface area contributed by atoms with E-state index in [-0.39, 0.29) is 5.60 Å². The highest BCUT2D eigenvalue weighted by molar-refractivity contribution is 5.81. The molecule has 0 spiro atoms. The van der Waals surface area contributed by atoms with Gasteiger partial charge in [-0.3, -0.25) is 5.41 Å². The minimum absolute atomic E-state index is 0.129. The van der Waals surface area contributed by atoms with Crippen molar-refractivity contribution in [1.29, 1.82) is 5.41 Å². The van der Waals surface area contributed by atoms with E-state index >= 15 is 0 Å². The molecule has 13 heavy (non-hydrogen) atoms. The maximum atomic E-state index is 6.69. The second-order valence-electron chi connectivity index (χ2n) is 3.59. The van der Waals surface area contributed by atoms with E-state index in [0.29, 0.717) is 19.1 Å². The van der Waals surface area contributed by atoms with Crippen LogP contribution in [0.3, 0.4) is 0 Å². The van der Waals surface area contributed by atoms with Gasteiger partial charge in [0.2, 0.25) is 0 Å². The quantitative estimate of drug-likeness (QED) is 0.414. The van der Waals surface area contributed by atoms with Gasteiger partial charge in [-0.15, -0.1) is 0 Å². The molecular formula is C9H18N2O2. The van der Waals surface area contributed by atoms with Gasteiger partial charge in [0.25, 0.3) is 0 Å². The van der Waals surface area contributed by atoms with Gasteiger partial charge in [-0.2, -0.15) is 0 Å². The molecule has 0 heterocycles. The second kappa shape index (κ2) is 5.70. The summed E-state index contributed by atoms with van der Waals surface area (Å²) >= 11 is 0. The van der Waals surface area contributed by atoms with E-state index in [4.69, 9.17) is 14.9 Å². The van der Waals surface area contributed by atoms with E-state index in [1.807, 2.05) is 20.8 Å². The molecule has 0 bridgehead atoms. The van der Waals surface area contributed by atoms with Gasteiger partial charge >= 0.3 is 0 Å². The lowest BCUT2D eigenvalue weighted by molar-refractivity contribution is -0.0179. The molecule has 0 fully saturated rings. The second-order valence-corrected chi connectivity index (χ2v) is 3.59. The Morgan fingerprint density at radius 3 is 2.46 bits per heavy atom. The van der Waals surface area contributed by atoms with Crippen LogP contribution in [0.15, 0.2) is 4.99 Å². The minimum atomic E-state index is -0.129. The van der Waals surface area contributed by atoms with Crippen molar-refractivity contribution < 1.29 is 9.47 Å². The largest absolute Gasteiger partial charge is 0.478 e. The van der Waals surface area contributed by atoms with E-state index in [2.05, 4.69) is 4.99 Å². The highest BCUT2D eigenvalue weighted by Crippen LogP contribution is 2.05. The zero-order valence-corrected chi connectivity index (χ0v) is 8.76. The van der Waals surface area contributed by atoms with Crippen molar-refractivity contribution in [2.24, 2.45) is 4.99 Å². The normalized spacial score (nSPS) is 12.8. The maximum Gasteiger partial charge on any atom is 0.186 e. The molecule has 0 atom stereocenters. The summed E-state index contributed by atoms with van der Waals surface area (Å²) in [6.45, 7) is 8.69. The fourth-order valence-corrected chi connectivity index (χ4v) is 0.665. The Kier molecular flexibility index (Phi) is 5.30. The zero-order valence-electron chi connectivity index (χ0n) is 8.76. The molecule has 4 heteroatoms. The number of aliphatic imine (C=N–C) groups is 1. The van der Waals surface area contributed by atoms with Crippen molar-refractivity contribution in [3.8, 4) is 0 Å². The molecule has 0 amide bonds. The van der Waals surface area contributed by atoms with Gasteiger partial charge < -0.3 is 9.47 Å². The lowest BCUT2D eigenvalue weighted by Gasteiger charge is -2.19. The topological polar surface area (TPSA) is 54.7 Å². The molecule has 0 aromatic rings. The Morgan fingerprint density at radius 1 is 1.38 bits per heavy atom. The van der Waals surface area contributed by atoms with Crippen LogP contribution in [0, 0.1) is 5.41 Å². The molecule has 0 saturated carbocycles. The van der Waals surface area contributed by atoms with Gasteiger partial charge in [0.1, 0.15) is 12.9 Å². The van der Waals surface area contributed by atoms with Crippen molar-refractivity contribution in [3.63, 3.8) is 0 Å². The van der Waals surface area contributed by atoms with Crippen molar-refractivity contribution in [2.45, 2.75) is 33.3 Å². The van der Waals surface area contributed by atoms with E-state index in [1.54, 1.807) is 6.92 Å². The van der Waals surface area contributed by atoms with Gasteiger partial charge in [-0.1, -0.05) is 0 Å². The minimum Gasteiger partial charge on any atom is -0.478 e. The summed E-state index contributed by atoms with van der Waals surface area (Å²) in [5.41, 5.74) is -0.129. The molecule has 0 radical (unpaired) electrons. The van der Waals surface area contributed by atoms with Crippen LogP contribution in [-0.4, -0.2) is 31.1 Å². The van der Waals surface area contributed by atoms with E-state index in [0.717, 1.165) is 6.34 Å². The van der Waals surface area contributed by atoms with Crippen LogP contribution in [-0.2, 0) is 9.47 Å². The highest BCUT2D eigenvalue weighted by Gasteiger charge is 2.08. The number of hydrogen-bond donors (Lipinski definition) is 1. The SMILES string of the molecule is C/C(=N\C=N)OCCOC(C)(C)C. The van der Waals surface area contributed by atoms with E-state index < -0.39 is 0 Å². The van der Waals surface area contributed by atoms with Crippen LogP contribution in [0.5, 0.6) is 0 Å². The van der Waals surface area contributed by atoms with Crippen molar-refractivity contribution in [3.05, 3.63) is 0 Å². The predicted molar refractivity (Wildman–Crippen MR) is 53.5 cm³/mol. The van der Waals surface area contributed by atoms with E-state index in [1.165, 1.54) is 0 Å². The van der Waals surface area contributed by atoms with Crippen LogP contribution in [0.1, 0.15) is 27.7 Å². The molecule has 0 aliphatic carbocycles. The van der Waals surface area contributed by atoms with Crippen LogP contribution in [0.4, 0.5) is 0 Å². The molecule has 0 aromatic carbocycles. The molecule has 76 valence electrons. The third-order valence-corrected chi connectivity index (χ3v) is 1.18. The lowest BCUT2D eigenvalue weighted by atomic mass is 10.2. The first-order valence-corrected chi connectivity index (χ1v) is 4.26. The first-order chi connectivity index (χ1) is 5.95. The van der Waals surface area contributed by atoms with Crippen LogP contribution in [0.2, 0.25) is 0 Å². The number of nitrogens with zero attached hydrogens (tertiary/aromatic N) is 1. The van der Waals surface area contributed by atoms with Gasteiger partial charge in [0.05, 0.1) is 12.2 Å². The standard InChI is InChI=1S/C9H18N2O2/c1-8(11-7-10)12-5-6-13-9(2,3)4/h7,10H,5-6H2,1-4H3/b10-7?,11-8+. The number of hydrogen-bond acceptors (Lipinski definition) is 3. The van der Waals surface area contributed by atoms with E-state index in [9.17, 15) is 0 Å². The first kappa shape index (κ1) is 12.1. The third-order valence-electron chi connectivity index (χ3n) is 1.18. The Balaban J connectivity index is 3.47. The van der Waals surface area contributed by atoms with Crippen molar-refractivity contribution in [2.75, 3.05) is 13.2 Å². The third kappa shape index (κ3) is 9.01. The Bertz CT molecular complexity index is 183. The Hall–Kier alpha value is -0.900. The number of rotatable bonds is 4. The molecule has 0 aromatic heterocycles. The molecule has 0 aliphatic rings. The number of nitrogens with one attached hydrogen (secondary N) is 1. The van der Waals surface area contributed by atoms with Crippen LogP contribution in [0.25, 0.3) is 0 Å². The molecule has 0 unspecified atom stereocenters. The van der Waals surface area contributed by atoms with Crippen LogP contribution < -0.4 is 0 Å². The molecule has 0 rings (SSSR count). The molecule has 4 nitrogen and oxygen atoms in total. The molecule has 0 aliphatic heterocycles. The summed E-state index contributed by atoms with van der Waals surface area (Å²) in [5, 5.41) is 6.69.